The van der Waals surface area contributed by atoms with Crippen molar-refractivity contribution in [2.24, 2.45) is 5.10 Å². The Balaban J connectivity index is 1.55. The van der Waals surface area contributed by atoms with Crippen LogP contribution in [0.4, 0.5) is 0 Å². The summed E-state index contributed by atoms with van der Waals surface area (Å²) in [5, 5.41) is 16.6. The molecule has 1 aliphatic rings. The number of esters is 1. The van der Waals surface area contributed by atoms with E-state index in [1.165, 1.54) is 5.01 Å². The first-order valence-electron chi connectivity index (χ1n) is 12.2. The van der Waals surface area contributed by atoms with Gasteiger partial charge in [-0.25, -0.2) is 9.80 Å². The van der Waals surface area contributed by atoms with Crippen molar-refractivity contribution < 1.29 is 23.8 Å². The number of nitrogens with zero attached hydrogens (tertiary/aromatic N) is 2. The van der Waals surface area contributed by atoms with Crippen LogP contribution >= 0.6 is 0 Å². The first-order chi connectivity index (χ1) is 17.2. The van der Waals surface area contributed by atoms with Crippen LogP contribution in [-0.2, 0) is 9.53 Å². The van der Waals surface area contributed by atoms with Crippen molar-refractivity contribution in [3.8, 4) is 5.75 Å². The molecule has 0 spiro atoms. The molecule has 1 amide bonds. The number of aryl methyl sites for hydroxylation is 1. The van der Waals surface area contributed by atoms with E-state index in [2.05, 4.69) is 5.10 Å². The van der Waals surface area contributed by atoms with Crippen LogP contribution < -0.4 is 0 Å². The van der Waals surface area contributed by atoms with E-state index < -0.39 is 24.5 Å². The number of furan rings is 1. The molecule has 1 aromatic heterocycles. The summed E-state index contributed by atoms with van der Waals surface area (Å²) in [4.78, 5) is 26.1. The average Bonchev–Trinajstić information content (AvgIpc) is 3.53. The highest BCUT2D eigenvalue weighted by molar-refractivity contribution is 6.03. The summed E-state index contributed by atoms with van der Waals surface area (Å²) >= 11 is 0. The number of aromatic hydroxyl groups is 1. The van der Waals surface area contributed by atoms with E-state index in [1.807, 2.05) is 65.0 Å². The molecule has 188 valence electrons. The number of hydrogen-bond acceptors (Lipinski definition) is 6. The number of hydrazone groups is 1. The Morgan fingerprint density at radius 3 is 2.44 bits per heavy atom. The first kappa shape index (κ1) is 25.2. The first-order valence-corrected chi connectivity index (χ1v) is 12.2. The number of benzene rings is 2. The minimum absolute atomic E-state index is 0.0186. The van der Waals surface area contributed by atoms with Gasteiger partial charge < -0.3 is 14.3 Å². The average molecular weight is 489 g/mol. The number of ether oxygens (including phenoxy) is 1. The molecule has 1 aliphatic heterocycles. The molecule has 1 atom stereocenters. The minimum Gasteiger partial charge on any atom is -0.507 e. The zero-order valence-corrected chi connectivity index (χ0v) is 21.3. The molecule has 0 radical (unpaired) electrons. The molecule has 2 heterocycles. The maximum absolute atomic E-state index is 13.2. The van der Waals surface area contributed by atoms with Crippen molar-refractivity contribution in [3.05, 3.63) is 88.4 Å². The highest BCUT2D eigenvalue weighted by Gasteiger charge is 2.35. The summed E-state index contributed by atoms with van der Waals surface area (Å²) in [6.45, 7) is 9.42. The van der Waals surface area contributed by atoms with Gasteiger partial charge in [0.05, 0.1) is 12.0 Å². The third-order valence-electron chi connectivity index (χ3n) is 6.42. The summed E-state index contributed by atoms with van der Waals surface area (Å²) in [5.41, 5.74) is 4.44. The molecule has 1 N–H and O–H groups in total. The molecule has 0 saturated carbocycles. The number of hydrogen-bond donors (Lipinski definition) is 1. The molecular formula is C29H32N2O5. The number of phenolic OH excluding ortho intramolecular Hbond substituents is 1. The topological polar surface area (TPSA) is 92.3 Å². The molecule has 1 unspecified atom stereocenters. The van der Waals surface area contributed by atoms with Crippen LogP contribution in [0.2, 0.25) is 0 Å². The molecular weight excluding hydrogens is 456 g/mol. The highest BCUT2D eigenvalue weighted by Crippen LogP contribution is 2.35. The van der Waals surface area contributed by atoms with E-state index in [0.29, 0.717) is 17.7 Å². The Morgan fingerprint density at radius 1 is 1.11 bits per heavy atom. The van der Waals surface area contributed by atoms with E-state index in [4.69, 9.17) is 9.15 Å². The van der Waals surface area contributed by atoms with Crippen molar-refractivity contribution >= 4 is 17.6 Å². The SMILES string of the molecule is Cc1ccc(C2=NN(C(=O)COC(=O)c3cc(C(C)C)cc(C(C)C)c3O)C(c3ccco3)C2)cc1. The Bertz CT molecular complexity index is 1270. The van der Waals surface area contributed by atoms with Gasteiger partial charge in [-0.2, -0.15) is 5.10 Å². The smallest absolute Gasteiger partial charge is 0.342 e. The van der Waals surface area contributed by atoms with Gasteiger partial charge >= 0.3 is 5.97 Å². The second-order valence-electron chi connectivity index (χ2n) is 9.78. The summed E-state index contributed by atoms with van der Waals surface area (Å²) in [7, 11) is 0. The van der Waals surface area contributed by atoms with Gasteiger partial charge in [0.15, 0.2) is 6.61 Å². The highest BCUT2D eigenvalue weighted by atomic mass is 16.5. The Labute approximate surface area is 211 Å². The molecule has 2 aromatic carbocycles. The van der Waals surface area contributed by atoms with Gasteiger partial charge in [-0.1, -0.05) is 63.6 Å². The van der Waals surface area contributed by atoms with Crippen LogP contribution in [0.25, 0.3) is 0 Å². The van der Waals surface area contributed by atoms with Crippen LogP contribution in [0.1, 0.15) is 90.4 Å². The lowest BCUT2D eigenvalue weighted by atomic mass is 9.92. The lowest BCUT2D eigenvalue weighted by Crippen LogP contribution is -2.31. The fourth-order valence-corrected chi connectivity index (χ4v) is 4.24. The Kier molecular flexibility index (Phi) is 7.29. The summed E-state index contributed by atoms with van der Waals surface area (Å²) in [6.07, 6.45) is 2.03. The van der Waals surface area contributed by atoms with Crippen molar-refractivity contribution in [2.75, 3.05) is 6.61 Å². The number of carbonyl (C=O) groups is 2. The fourth-order valence-electron chi connectivity index (χ4n) is 4.24. The predicted octanol–water partition coefficient (Wildman–Crippen LogP) is 6.08. The van der Waals surface area contributed by atoms with Crippen LogP contribution in [0, 0.1) is 6.92 Å². The lowest BCUT2D eigenvalue weighted by molar-refractivity contribution is -0.136. The molecule has 0 saturated heterocycles. The number of rotatable bonds is 7. The van der Waals surface area contributed by atoms with E-state index >= 15 is 0 Å². The van der Waals surface area contributed by atoms with E-state index in [9.17, 15) is 14.7 Å². The summed E-state index contributed by atoms with van der Waals surface area (Å²) in [6, 6.07) is 14.6. The number of amides is 1. The van der Waals surface area contributed by atoms with Crippen molar-refractivity contribution in [1.82, 2.24) is 5.01 Å². The third kappa shape index (κ3) is 5.20. The van der Waals surface area contributed by atoms with Gasteiger partial charge in [0.25, 0.3) is 5.91 Å². The largest absolute Gasteiger partial charge is 0.507 e. The third-order valence-corrected chi connectivity index (χ3v) is 6.42. The normalized spacial score (nSPS) is 15.5. The lowest BCUT2D eigenvalue weighted by Gasteiger charge is -2.20. The van der Waals surface area contributed by atoms with Gasteiger partial charge in [0.1, 0.15) is 23.1 Å². The zero-order valence-electron chi connectivity index (χ0n) is 21.3. The molecule has 4 rings (SSSR count). The van der Waals surface area contributed by atoms with Gasteiger partial charge in [0.2, 0.25) is 0 Å². The maximum Gasteiger partial charge on any atom is 0.342 e. The Hall–Kier alpha value is -3.87. The van der Waals surface area contributed by atoms with Crippen molar-refractivity contribution in [2.45, 2.75) is 58.9 Å². The van der Waals surface area contributed by atoms with Crippen molar-refractivity contribution in [1.29, 1.82) is 0 Å². The van der Waals surface area contributed by atoms with Crippen LogP contribution in [-0.4, -0.2) is 34.3 Å². The van der Waals surface area contributed by atoms with Gasteiger partial charge in [0, 0.05) is 6.42 Å². The zero-order chi connectivity index (χ0) is 26.0. The second-order valence-corrected chi connectivity index (χ2v) is 9.78. The summed E-state index contributed by atoms with van der Waals surface area (Å²) < 4.78 is 11.0. The molecule has 0 bridgehead atoms. The van der Waals surface area contributed by atoms with Crippen molar-refractivity contribution in [3.63, 3.8) is 0 Å². The monoisotopic (exact) mass is 488 g/mol. The minimum atomic E-state index is -0.748. The number of carbonyl (C=O) groups excluding carboxylic acids is 2. The van der Waals surface area contributed by atoms with Gasteiger partial charge in [-0.15, -0.1) is 0 Å². The second kappa shape index (κ2) is 10.4. The summed E-state index contributed by atoms with van der Waals surface area (Å²) in [5.74, 6) is -0.558. The van der Waals surface area contributed by atoms with Crippen LogP contribution in [0.15, 0.2) is 64.3 Å². The molecule has 7 heteroatoms. The van der Waals surface area contributed by atoms with E-state index in [-0.39, 0.29) is 23.1 Å². The molecule has 3 aromatic rings. The van der Waals surface area contributed by atoms with E-state index in [1.54, 1.807) is 24.5 Å². The van der Waals surface area contributed by atoms with Crippen LogP contribution in [0.5, 0.6) is 5.75 Å². The fraction of sp³-hybridized carbons (Fsp3) is 0.345. The maximum atomic E-state index is 13.2. The number of phenols is 1. The molecule has 36 heavy (non-hydrogen) atoms. The van der Waals surface area contributed by atoms with Gasteiger partial charge in [-0.3, -0.25) is 4.79 Å². The molecule has 0 fully saturated rings. The van der Waals surface area contributed by atoms with Gasteiger partial charge in [-0.05, 0) is 53.6 Å². The van der Waals surface area contributed by atoms with E-state index in [0.717, 1.165) is 22.4 Å². The molecule has 7 nitrogen and oxygen atoms in total. The predicted molar refractivity (Wildman–Crippen MR) is 137 cm³/mol. The quantitative estimate of drug-likeness (QED) is 0.407. The Morgan fingerprint density at radius 2 is 1.83 bits per heavy atom. The standard InChI is InChI=1S/C29H32N2O5/c1-17(2)21-13-22(18(3)4)28(33)23(14-21)29(34)36-16-27(32)31-25(26-7-6-12-35-26)15-24(30-31)20-10-8-19(5)9-11-20/h6-14,17-18,25,33H,15-16H2,1-5H3. The van der Waals surface area contributed by atoms with Crippen LogP contribution in [0.3, 0.4) is 0 Å². The molecule has 0 aliphatic carbocycles.